The van der Waals surface area contributed by atoms with Crippen LogP contribution in [0.25, 0.3) is 22.2 Å². The molecule has 1 unspecified atom stereocenters. The molecular weight excluding hydrogens is 426 g/mol. The van der Waals surface area contributed by atoms with Crippen LogP contribution in [-0.4, -0.2) is 46.4 Å². The van der Waals surface area contributed by atoms with Gasteiger partial charge in [0.15, 0.2) is 22.4 Å². The van der Waals surface area contributed by atoms with Gasteiger partial charge in [-0.3, -0.25) is 0 Å². The maximum absolute atomic E-state index is 5.81. The maximum Gasteiger partial charge on any atom is 0.231 e. The van der Waals surface area contributed by atoms with Crippen molar-refractivity contribution in [1.82, 2.24) is 25.5 Å². The predicted molar refractivity (Wildman–Crippen MR) is 123 cm³/mol. The van der Waals surface area contributed by atoms with Gasteiger partial charge in [-0.1, -0.05) is 6.07 Å². The van der Waals surface area contributed by atoms with Crippen LogP contribution in [-0.2, 0) is 6.54 Å². The number of nitrogens with one attached hydrogen (secondary N) is 2. The van der Waals surface area contributed by atoms with Crippen LogP contribution in [0.2, 0.25) is 0 Å². The van der Waals surface area contributed by atoms with Crippen LogP contribution in [0.4, 0.5) is 0 Å². The van der Waals surface area contributed by atoms with Gasteiger partial charge in [-0.25, -0.2) is 9.97 Å². The normalized spacial score (nSPS) is 17.8. The van der Waals surface area contributed by atoms with E-state index in [1.165, 1.54) is 0 Å². The summed E-state index contributed by atoms with van der Waals surface area (Å²) in [5, 5.41) is 8.57. The number of piperazine rings is 1. The molecule has 3 aliphatic heterocycles. The Morgan fingerprint density at radius 3 is 3.09 bits per heavy atom. The molecule has 1 aromatic carbocycles. The van der Waals surface area contributed by atoms with Crippen LogP contribution < -0.4 is 20.1 Å². The lowest BCUT2D eigenvalue weighted by Gasteiger charge is -2.38. The summed E-state index contributed by atoms with van der Waals surface area (Å²) >= 11 is 5.81. The van der Waals surface area contributed by atoms with Gasteiger partial charge in [-0.05, 0) is 48.1 Å². The van der Waals surface area contributed by atoms with Gasteiger partial charge in [-0.15, -0.1) is 0 Å². The molecule has 1 aromatic heterocycles. The van der Waals surface area contributed by atoms with Crippen LogP contribution in [0.5, 0.6) is 11.5 Å². The number of ether oxygens (including phenoxy) is 2. The lowest BCUT2D eigenvalue weighted by atomic mass is 10.1. The van der Waals surface area contributed by atoms with Gasteiger partial charge < -0.3 is 29.4 Å². The second-order valence-electron chi connectivity index (χ2n) is 7.82. The van der Waals surface area contributed by atoms with Crippen molar-refractivity contribution in [3.63, 3.8) is 0 Å². The maximum atomic E-state index is 5.81. The fourth-order valence-corrected chi connectivity index (χ4v) is 4.67. The van der Waals surface area contributed by atoms with E-state index < -0.39 is 0 Å². The van der Waals surface area contributed by atoms with Crippen LogP contribution in [0.1, 0.15) is 17.3 Å². The van der Waals surface area contributed by atoms with Crippen molar-refractivity contribution >= 4 is 28.2 Å². The van der Waals surface area contributed by atoms with Crippen LogP contribution >= 0.6 is 12.2 Å². The van der Waals surface area contributed by atoms with Crippen molar-refractivity contribution in [1.29, 1.82) is 0 Å². The zero-order valence-electron chi connectivity index (χ0n) is 17.2. The zero-order chi connectivity index (χ0) is 21.5. The number of benzene rings is 1. The first kappa shape index (κ1) is 19.3. The Morgan fingerprint density at radius 1 is 1.19 bits per heavy atom. The summed E-state index contributed by atoms with van der Waals surface area (Å²) in [4.78, 5) is 11.4. The Morgan fingerprint density at radius 2 is 2.12 bits per heavy atom. The van der Waals surface area contributed by atoms with E-state index in [1.807, 2.05) is 30.3 Å². The molecule has 0 spiro atoms. The van der Waals surface area contributed by atoms with E-state index in [4.69, 9.17) is 26.1 Å². The van der Waals surface area contributed by atoms with Gasteiger partial charge in [0.2, 0.25) is 6.79 Å². The fraction of sp³-hybridized carbons (Fsp3) is 0.261. The predicted octanol–water partition coefficient (Wildman–Crippen LogP) is 3.08. The molecule has 9 heteroatoms. The standard InChI is InChI=1S/C23H21N5O3S/c32-23(25-10-14-3-4-18-19(8-14)31-13-30-18)28-6-5-24-11-17(28)20-16-9-15-2-1-7-29-22(15)21(16)27-12-26-20/h1-4,7-9,12,17,24H,5-6,10-11,13H2,(H,25,32). The molecule has 6 rings (SSSR count). The summed E-state index contributed by atoms with van der Waals surface area (Å²) < 4.78 is 16.6. The molecule has 4 aliphatic rings. The smallest absolute Gasteiger partial charge is 0.231 e. The molecule has 1 aliphatic carbocycles. The van der Waals surface area contributed by atoms with E-state index in [0.29, 0.717) is 11.7 Å². The number of thiocarbonyl (C=S) groups is 1. The highest BCUT2D eigenvalue weighted by Gasteiger charge is 2.30. The number of hydrogen-bond acceptors (Lipinski definition) is 7. The summed E-state index contributed by atoms with van der Waals surface area (Å²) in [6.45, 7) is 3.26. The third kappa shape index (κ3) is 3.30. The van der Waals surface area contributed by atoms with Gasteiger partial charge >= 0.3 is 0 Å². The van der Waals surface area contributed by atoms with Crippen molar-refractivity contribution < 1.29 is 13.9 Å². The Hall–Kier alpha value is -3.43. The quantitative estimate of drug-likeness (QED) is 0.460. The first-order valence-electron chi connectivity index (χ1n) is 10.5. The van der Waals surface area contributed by atoms with E-state index in [0.717, 1.165) is 64.6 Å². The molecule has 4 heterocycles. The second kappa shape index (κ2) is 7.92. The number of fused-ring (bicyclic) bond motifs is 4. The Bertz CT molecular complexity index is 1280. The molecule has 8 nitrogen and oxygen atoms in total. The first-order valence-corrected chi connectivity index (χ1v) is 10.9. The van der Waals surface area contributed by atoms with Gasteiger partial charge in [0.05, 0.1) is 18.0 Å². The molecule has 1 fully saturated rings. The molecule has 1 saturated heterocycles. The number of nitrogens with zero attached hydrogens (tertiary/aromatic N) is 3. The highest BCUT2D eigenvalue weighted by atomic mass is 32.1. The largest absolute Gasteiger partial charge is 0.462 e. The SMILES string of the molecule is S=C(NCc1ccc2c(c1)OCO2)N1CCNCC1c1ncnc2c3occcc-3cc12. The minimum atomic E-state index is -0.0113. The van der Waals surface area contributed by atoms with Crippen molar-refractivity contribution in [3.05, 3.63) is 60.2 Å². The Labute approximate surface area is 189 Å². The second-order valence-corrected chi connectivity index (χ2v) is 8.21. The van der Waals surface area contributed by atoms with Crippen LogP contribution in [0.15, 0.2) is 53.4 Å². The summed E-state index contributed by atoms with van der Waals surface area (Å²) in [5.41, 5.74) is 3.87. The van der Waals surface area contributed by atoms with E-state index in [9.17, 15) is 0 Å². The van der Waals surface area contributed by atoms with E-state index in [2.05, 4.69) is 31.6 Å². The van der Waals surface area contributed by atoms with Crippen molar-refractivity contribution in [3.8, 4) is 22.8 Å². The van der Waals surface area contributed by atoms with Gasteiger partial charge in [0, 0.05) is 37.1 Å². The lowest BCUT2D eigenvalue weighted by Crippen LogP contribution is -2.52. The van der Waals surface area contributed by atoms with E-state index in [1.54, 1.807) is 12.6 Å². The van der Waals surface area contributed by atoms with Crippen molar-refractivity contribution in [2.75, 3.05) is 26.4 Å². The third-order valence-electron chi connectivity index (χ3n) is 5.93. The molecule has 0 saturated carbocycles. The highest BCUT2D eigenvalue weighted by Crippen LogP contribution is 2.37. The number of rotatable bonds is 3. The monoisotopic (exact) mass is 447 g/mol. The van der Waals surface area contributed by atoms with Crippen molar-refractivity contribution in [2.24, 2.45) is 0 Å². The summed E-state index contributed by atoms with van der Waals surface area (Å²) in [6, 6.07) is 11.9. The molecule has 162 valence electrons. The molecule has 0 amide bonds. The molecular formula is C23H21N5O3S. The Kier molecular flexibility index (Phi) is 4.77. The highest BCUT2D eigenvalue weighted by molar-refractivity contribution is 7.80. The fourth-order valence-electron chi connectivity index (χ4n) is 4.38. The molecule has 1 atom stereocenters. The Balaban J connectivity index is 1.26. The van der Waals surface area contributed by atoms with Gasteiger partial charge in [0.25, 0.3) is 0 Å². The lowest BCUT2D eigenvalue weighted by molar-refractivity contribution is 0.174. The molecule has 32 heavy (non-hydrogen) atoms. The zero-order valence-corrected chi connectivity index (χ0v) is 18.0. The topological polar surface area (TPSA) is 84.7 Å². The molecule has 0 radical (unpaired) electrons. The number of aromatic nitrogens is 2. The summed E-state index contributed by atoms with van der Waals surface area (Å²) in [5.74, 6) is 2.33. The minimum absolute atomic E-state index is 0.0113. The van der Waals surface area contributed by atoms with E-state index >= 15 is 0 Å². The van der Waals surface area contributed by atoms with E-state index in [-0.39, 0.29) is 12.8 Å². The third-order valence-corrected chi connectivity index (χ3v) is 6.31. The summed E-state index contributed by atoms with van der Waals surface area (Å²) in [7, 11) is 0. The summed E-state index contributed by atoms with van der Waals surface area (Å²) in [6.07, 6.45) is 3.28. The molecule has 2 N–H and O–H groups in total. The average Bonchev–Trinajstić information content (AvgIpc) is 3.46. The van der Waals surface area contributed by atoms with Gasteiger partial charge in [0.1, 0.15) is 11.8 Å². The van der Waals surface area contributed by atoms with Crippen LogP contribution in [0, 0.1) is 0 Å². The number of hydrogen-bond donors (Lipinski definition) is 2. The van der Waals surface area contributed by atoms with Crippen molar-refractivity contribution in [2.45, 2.75) is 12.6 Å². The first-order chi connectivity index (χ1) is 15.8. The average molecular weight is 448 g/mol. The van der Waals surface area contributed by atoms with Crippen LogP contribution in [0.3, 0.4) is 0 Å². The van der Waals surface area contributed by atoms with Gasteiger partial charge in [-0.2, -0.15) is 0 Å². The molecule has 0 bridgehead atoms. The molecule has 2 aromatic rings. The minimum Gasteiger partial charge on any atom is -0.462 e.